The Balaban J connectivity index is 2.16. The molecular weight excluding hydrogens is 176 g/mol. The van der Waals surface area contributed by atoms with Crippen molar-refractivity contribution < 1.29 is 0 Å². The van der Waals surface area contributed by atoms with Gasteiger partial charge in [-0.05, 0) is 18.9 Å². The van der Waals surface area contributed by atoms with E-state index in [2.05, 4.69) is 22.2 Å². The number of nitrogens with one attached hydrogen (secondary N) is 1. The maximum atomic E-state index is 5.92. The van der Waals surface area contributed by atoms with E-state index in [0.29, 0.717) is 12.0 Å². The van der Waals surface area contributed by atoms with Gasteiger partial charge < -0.3 is 11.1 Å². The minimum Gasteiger partial charge on any atom is -0.327 e. The van der Waals surface area contributed by atoms with Crippen molar-refractivity contribution in [3.63, 3.8) is 0 Å². The zero-order valence-electron chi connectivity index (χ0n) is 8.35. The van der Waals surface area contributed by atoms with Crippen LogP contribution in [0.25, 0.3) is 0 Å². The number of nitrogens with zero attached hydrogens (tertiary/aromatic N) is 2. The van der Waals surface area contributed by atoms with E-state index in [1.54, 1.807) is 6.33 Å². The molecule has 4 nitrogen and oxygen atoms in total. The normalized spacial score (nSPS) is 32.9. The van der Waals surface area contributed by atoms with Gasteiger partial charge in [0.05, 0.1) is 0 Å². The van der Waals surface area contributed by atoms with Gasteiger partial charge in [-0.1, -0.05) is 0 Å². The summed E-state index contributed by atoms with van der Waals surface area (Å²) in [5.41, 5.74) is 7.10. The molecule has 1 aliphatic rings. The third-order valence-corrected chi connectivity index (χ3v) is 2.87. The fourth-order valence-electron chi connectivity index (χ4n) is 2.02. The molecule has 0 aromatic carbocycles. The topological polar surface area (TPSA) is 63.8 Å². The van der Waals surface area contributed by atoms with Gasteiger partial charge in [0.1, 0.15) is 6.33 Å². The number of hydrogen-bond acceptors (Lipinski definition) is 4. The van der Waals surface area contributed by atoms with E-state index >= 15 is 0 Å². The van der Waals surface area contributed by atoms with Gasteiger partial charge in [-0.15, -0.1) is 0 Å². The maximum absolute atomic E-state index is 5.92. The molecule has 1 fully saturated rings. The smallest absolute Gasteiger partial charge is 0.115 e. The van der Waals surface area contributed by atoms with Gasteiger partial charge in [0, 0.05) is 36.9 Å². The van der Waals surface area contributed by atoms with Crippen molar-refractivity contribution in [2.24, 2.45) is 5.73 Å². The molecule has 3 N–H and O–H groups in total. The highest BCUT2D eigenvalue weighted by Crippen LogP contribution is 2.25. The van der Waals surface area contributed by atoms with Gasteiger partial charge >= 0.3 is 0 Å². The molecule has 1 saturated heterocycles. The molecular formula is C10H16N4. The van der Waals surface area contributed by atoms with Crippen LogP contribution in [0.15, 0.2) is 18.7 Å². The van der Waals surface area contributed by atoms with Gasteiger partial charge in [0.15, 0.2) is 0 Å². The summed E-state index contributed by atoms with van der Waals surface area (Å²) < 4.78 is 0. The second-order valence-corrected chi connectivity index (χ2v) is 3.97. The van der Waals surface area contributed by atoms with E-state index in [1.807, 2.05) is 12.4 Å². The molecule has 0 radical (unpaired) electrons. The van der Waals surface area contributed by atoms with Crippen molar-refractivity contribution in [2.45, 2.75) is 31.3 Å². The molecule has 14 heavy (non-hydrogen) atoms. The summed E-state index contributed by atoms with van der Waals surface area (Å²) in [6.45, 7) is 3.09. The van der Waals surface area contributed by atoms with Crippen LogP contribution in [0.2, 0.25) is 0 Å². The summed E-state index contributed by atoms with van der Waals surface area (Å²) in [7, 11) is 0. The monoisotopic (exact) mass is 192 g/mol. The standard InChI is InChI=1S/C10H16N4/c1-7-10(2-9(11)5-14-7)8-3-12-6-13-4-8/h3-4,6-7,9-10,14H,2,5,11H2,1H3. The number of nitrogens with two attached hydrogens (primary N) is 1. The third kappa shape index (κ3) is 1.91. The summed E-state index contributed by atoms with van der Waals surface area (Å²) >= 11 is 0. The average Bonchev–Trinajstić information content (AvgIpc) is 2.23. The highest BCUT2D eigenvalue weighted by Gasteiger charge is 2.26. The largest absolute Gasteiger partial charge is 0.327 e. The summed E-state index contributed by atoms with van der Waals surface area (Å²) in [6.07, 6.45) is 6.34. The molecule has 0 spiro atoms. The van der Waals surface area contributed by atoms with Gasteiger partial charge in [0.2, 0.25) is 0 Å². The Kier molecular flexibility index (Phi) is 2.74. The van der Waals surface area contributed by atoms with E-state index in [4.69, 9.17) is 5.73 Å². The maximum Gasteiger partial charge on any atom is 0.115 e. The van der Waals surface area contributed by atoms with E-state index in [1.165, 1.54) is 5.56 Å². The Labute approximate surface area is 83.9 Å². The molecule has 2 heterocycles. The lowest BCUT2D eigenvalue weighted by Gasteiger charge is -2.33. The number of rotatable bonds is 1. The van der Waals surface area contributed by atoms with E-state index in [0.717, 1.165) is 13.0 Å². The SMILES string of the molecule is CC1NCC(N)CC1c1cncnc1. The molecule has 3 unspecified atom stereocenters. The van der Waals surface area contributed by atoms with E-state index in [9.17, 15) is 0 Å². The lowest BCUT2D eigenvalue weighted by molar-refractivity contribution is 0.336. The zero-order chi connectivity index (χ0) is 9.97. The van der Waals surface area contributed by atoms with Gasteiger partial charge in [-0.3, -0.25) is 0 Å². The van der Waals surface area contributed by atoms with Gasteiger partial charge in [-0.2, -0.15) is 0 Å². The summed E-state index contributed by atoms with van der Waals surface area (Å²) in [5.74, 6) is 0.444. The fraction of sp³-hybridized carbons (Fsp3) is 0.600. The van der Waals surface area contributed by atoms with Crippen molar-refractivity contribution in [3.8, 4) is 0 Å². The summed E-state index contributed by atoms with van der Waals surface area (Å²) in [4.78, 5) is 8.08. The van der Waals surface area contributed by atoms with Crippen LogP contribution in [0.5, 0.6) is 0 Å². The van der Waals surface area contributed by atoms with Crippen LogP contribution < -0.4 is 11.1 Å². The molecule has 1 aliphatic heterocycles. The minimum atomic E-state index is 0.247. The minimum absolute atomic E-state index is 0.247. The highest BCUT2D eigenvalue weighted by atomic mass is 15.0. The van der Waals surface area contributed by atoms with E-state index < -0.39 is 0 Å². The first-order chi connectivity index (χ1) is 6.77. The lowest BCUT2D eigenvalue weighted by Crippen LogP contribution is -2.48. The molecule has 0 bridgehead atoms. The zero-order valence-corrected chi connectivity index (χ0v) is 8.35. The molecule has 0 aliphatic carbocycles. The van der Waals surface area contributed by atoms with Crippen molar-refractivity contribution in [3.05, 3.63) is 24.3 Å². The Hall–Kier alpha value is -1.00. The quantitative estimate of drug-likeness (QED) is 0.670. The third-order valence-electron chi connectivity index (χ3n) is 2.87. The first kappa shape index (κ1) is 9.55. The number of piperidine rings is 1. The lowest BCUT2D eigenvalue weighted by atomic mass is 9.85. The molecule has 0 amide bonds. The first-order valence-corrected chi connectivity index (χ1v) is 5.01. The van der Waals surface area contributed by atoms with Crippen molar-refractivity contribution in [1.82, 2.24) is 15.3 Å². The molecule has 1 aromatic heterocycles. The molecule has 1 aromatic rings. The fourth-order valence-corrected chi connectivity index (χ4v) is 2.02. The molecule has 76 valence electrons. The van der Waals surface area contributed by atoms with Crippen LogP contribution in [0, 0.1) is 0 Å². The van der Waals surface area contributed by atoms with Gasteiger partial charge in [0.25, 0.3) is 0 Å². The van der Waals surface area contributed by atoms with Crippen LogP contribution in [-0.2, 0) is 0 Å². The first-order valence-electron chi connectivity index (χ1n) is 5.01. The second kappa shape index (κ2) is 4.02. The van der Waals surface area contributed by atoms with Crippen molar-refractivity contribution in [2.75, 3.05) is 6.54 Å². The van der Waals surface area contributed by atoms with E-state index in [-0.39, 0.29) is 6.04 Å². The van der Waals surface area contributed by atoms with Crippen LogP contribution in [0.3, 0.4) is 0 Å². The van der Waals surface area contributed by atoms with Crippen LogP contribution in [-0.4, -0.2) is 28.6 Å². The molecule has 3 atom stereocenters. The van der Waals surface area contributed by atoms with Crippen molar-refractivity contribution in [1.29, 1.82) is 0 Å². The Morgan fingerprint density at radius 2 is 2.14 bits per heavy atom. The highest BCUT2D eigenvalue weighted by molar-refractivity contribution is 5.14. The number of hydrogen-bond donors (Lipinski definition) is 2. The van der Waals surface area contributed by atoms with Crippen LogP contribution >= 0.6 is 0 Å². The van der Waals surface area contributed by atoms with Crippen LogP contribution in [0.1, 0.15) is 24.8 Å². The van der Waals surface area contributed by atoms with Crippen molar-refractivity contribution >= 4 is 0 Å². The Bertz CT molecular complexity index is 287. The average molecular weight is 192 g/mol. The molecule has 4 heteroatoms. The second-order valence-electron chi connectivity index (χ2n) is 3.97. The Morgan fingerprint density at radius 1 is 1.43 bits per heavy atom. The molecule has 2 rings (SSSR count). The predicted octanol–water partition coefficient (Wildman–Crippen LogP) is 0.269. The summed E-state index contributed by atoms with van der Waals surface area (Å²) in [5, 5.41) is 3.40. The Morgan fingerprint density at radius 3 is 2.86 bits per heavy atom. The van der Waals surface area contributed by atoms with Gasteiger partial charge in [-0.25, -0.2) is 9.97 Å². The number of aromatic nitrogens is 2. The summed E-state index contributed by atoms with van der Waals surface area (Å²) in [6, 6.07) is 0.706. The van der Waals surface area contributed by atoms with Crippen LogP contribution in [0.4, 0.5) is 0 Å². The predicted molar refractivity (Wildman–Crippen MR) is 54.8 cm³/mol. The molecule has 0 saturated carbocycles.